The summed E-state index contributed by atoms with van der Waals surface area (Å²) >= 11 is 5.83. The van der Waals surface area contributed by atoms with E-state index in [0.717, 1.165) is 24.0 Å². The van der Waals surface area contributed by atoms with Crippen molar-refractivity contribution in [3.05, 3.63) is 29.3 Å². The van der Waals surface area contributed by atoms with Gasteiger partial charge in [0.25, 0.3) is 0 Å². The lowest BCUT2D eigenvalue weighted by atomic mass is 10.0. The van der Waals surface area contributed by atoms with Gasteiger partial charge in [0.1, 0.15) is 5.75 Å². The summed E-state index contributed by atoms with van der Waals surface area (Å²) in [5.41, 5.74) is 2.14. The molecule has 0 bridgehead atoms. The van der Waals surface area contributed by atoms with Crippen molar-refractivity contribution in [2.45, 2.75) is 83.4 Å². The van der Waals surface area contributed by atoms with Crippen LogP contribution in [0.3, 0.4) is 0 Å². The minimum absolute atomic E-state index is 0.416. The molecule has 0 atom stereocenters. The molecule has 0 radical (unpaired) electrons. The van der Waals surface area contributed by atoms with Crippen molar-refractivity contribution in [3.63, 3.8) is 0 Å². The van der Waals surface area contributed by atoms with E-state index < -0.39 is 0 Å². The molecule has 2 heteroatoms. The zero-order valence-electron chi connectivity index (χ0n) is 13.5. The van der Waals surface area contributed by atoms with Crippen LogP contribution in [-0.4, -0.2) is 5.11 Å². The number of unbranched alkanes of at least 4 members (excludes halogenated alkanes) is 9. The molecule has 21 heavy (non-hydrogen) atoms. The smallest absolute Gasteiger partial charge is 0.118 e. The van der Waals surface area contributed by atoms with Gasteiger partial charge in [0.2, 0.25) is 0 Å². The summed E-state index contributed by atoms with van der Waals surface area (Å²) in [6.07, 6.45) is 14.4. The normalized spacial score (nSPS) is 11.0. The summed E-state index contributed by atoms with van der Waals surface area (Å²) in [7, 11) is 0. The predicted molar refractivity (Wildman–Crippen MR) is 93.2 cm³/mol. The third kappa shape index (κ3) is 8.36. The zero-order valence-corrected chi connectivity index (χ0v) is 14.3. The average Bonchev–Trinajstić information content (AvgIpc) is 2.51. The van der Waals surface area contributed by atoms with Crippen LogP contribution in [0.2, 0.25) is 0 Å². The zero-order chi connectivity index (χ0) is 15.3. The first-order valence-corrected chi connectivity index (χ1v) is 9.18. The van der Waals surface area contributed by atoms with Crippen LogP contribution in [0.25, 0.3) is 0 Å². The molecule has 0 amide bonds. The minimum Gasteiger partial charge on any atom is -0.508 e. The number of benzene rings is 1. The average molecular weight is 311 g/mol. The van der Waals surface area contributed by atoms with E-state index in [4.69, 9.17) is 11.6 Å². The Kier molecular flexibility index (Phi) is 10.4. The Hall–Kier alpha value is -0.690. The highest BCUT2D eigenvalue weighted by Crippen LogP contribution is 2.22. The molecular weight excluding hydrogens is 280 g/mol. The Balaban J connectivity index is 2.04. The Labute approximate surface area is 135 Å². The van der Waals surface area contributed by atoms with Crippen LogP contribution in [0, 0.1) is 0 Å². The van der Waals surface area contributed by atoms with Gasteiger partial charge in [-0.05, 0) is 30.0 Å². The van der Waals surface area contributed by atoms with Crippen molar-refractivity contribution in [1.82, 2.24) is 0 Å². The third-order valence-electron chi connectivity index (χ3n) is 4.10. The largest absolute Gasteiger partial charge is 0.508 e. The van der Waals surface area contributed by atoms with E-state index in [1.807, 2.05) is 12.1 Å². The maximum absolute atomic E-state index is 9.83. The molecule has 0 fully saturated rings. The molecule has 0 aliphatic rings. The molecule has 0 aromatic heterocycles. The van der Waals surface area contributed by atoms with Crippen LogP contribution in [0.15, 0.2) is 18.2 Å². The summed E-state index contributed by atoms with van der Waals surface area (Å²) < 4.78 is 0. The molecule has 0 unspecified atom stereocenters. The fraction of sp³-hybridized carbons (Fsp3) is 0.684. The lowest BCUT2D eigenvalue weighted by Crippen LogP contribution is -1.90. The number of rotatable bonds is 12. The van der Waals surface area contributed by atoms with Gasteiger partial charge in [-0.25, -0.2) is 0 Å². The van der Waals surface area contributed by atoms with Crippen molar-refractivity contribution in [2.75, 3.05) is 0 Å². The second-order valence-electron chi connectivity index (χ2n) is 6.03. The van der Waals surface area contributed by atoms with E-state index in [9.17, 15) is 5.11 Å². The first kappa shape index (κ1) is 18.4. The second-order valence-corrected chi connectivity index (χ2v) is 6.30. The van der Waals surface area contributed by atoms with Crippen LogP contribution in [0.4, 0.5) is 0 Å². The van der Waals surface area contributed by atoms with Crippen LogP contribution >= 0.6 is 11.6 Å². The molecule has 0 spiro atoms. The van der Waals surface area contributed by atoms with Crippen molar-refractivity contribution in [2.24, 2.45) is 0 Å². The Bertz CT molecular complexity index is 376. The fourth-order valence-electron chi connectivity index (χ4n) is 2.73. The van der Waals surface area contributed by atoms with E-state index in [0.29, 0.717) is 11.6 Å². The third-order valence-corrected chi connectivity index (χ3v) is 4.41. The summed E-state index contributed by atoms with van der Waals surface area (Å²) in [5.74, 6) is 0.936. The Morgan fingerprint density at radius 3 is 2.00 bits per heavy atom. The summed E-state index contributed by atoms with van der Waals surface area (Å²) in [4.78, 5) is 0. The van der Waals surface area contributed by atoms with Crippen molar-refractivity contribution < 1.29 is 5.11 Å². The van der Waals surface area contributed by atoms with Crippen LogP contribution in [0.1, 0.15) is 82.3 Å². The highest BCUT2D eigenvalue weighted by atomic mass is 35.5. The molecule has 1 N–H and O–H groups in total. The molecule has 1 aromatic carbocycles. The summed E-state index contributed by atoms with van der Waals surface area (Å²) in [5, 5.41) is 9.83. The SMILES string of the molecule is CCCCCCCCCCCCc1cc(CCl)ccc1O. The van der Waals surface area contributed by atoms with Gasteiger partial charge in [-0.3, -0.25) is 0 Å². The number of halogens is 1. The summed E-state index contributed by atoms with van der Waals surface area (Å²) in [6, 6.07) is 5.70. The van der Waals surface area contributed by atoms with Gasteiger partial charge in [0.15, 0.2) is 0 Å². The van der Waals surface area contributed by atoms with Crippen LogP contribution in [-0.2, 0) is 12.3 Å². The Morgan fingerprint density at radius 1 is 0.857 bits per heavy atom. The summed E-state index contributed by atoms with van der Waals surface area (Å²) in [6.45, 7) is 2.26. The van der Waals surface area contributed by atoms with Gasteiger partial charge in [0, 0.05) is 5.88 Å². The van der Waals surface area contributed by atoms with Crippen LogP contribution < -0.4 is 0 Å². The number of hydrogen-bond acceptors (Lipinski definition) is 1. The standard InChI is InChI=1S/C19H31ClO/c1-2-3-4-5-6-7-8-9-10-11-12-18-15-17(16-20)13-14-19(18)21/h13-15,21H,2-12,16H2,1H3. The maximum Gasteiger partial charge on any atom is 0.118 e. The van der Waals surface area contributed by atoms with Gasteiger partial charge in [-0.2, -0.15) is 0 Å². The van der Waals surface area contributed by atoms with Gasteiger partial charge in [-0.15, -0.1) is 11.6 Å². The lowest BCUT2D eigenvalue weighted by Gasteiger charge is -2.07. The molecule has 0 saturated carbocycles. The monoisotopic (exact) mass is 310 g/mol. The minimum atomic E-state index is 0.416. The number of alkyl halides is 1. The molecule has 0 aliphatic carbocycles. The van der Waals surface area contributed by atoms with Crippen molar-refractivity contribution in [3.8, 4) is 5.75 Å². The van der Waals surface area contributed by atoms with Crippen molar-refractivity contribution in [1.29, 1.82) is 0 Å². The highest BCUT2D eigenvalue weighted by Gasteiger charge is 2.02. The Morgan fingerprint density at radius 2 is 1.43 bits per heavy atom. The van der Waals surface area contributed by atoms with E-state index in [1.54, 1.807) is 6.07 Å². The molecule has 0 aliphatic heterocycles. The number of aryl methyl sites for hydroxylation is 1. The van der Waals surface area contributed by atoms with E-state index in [-0.39, 0.29) is 0 Å². The molecule has 0 heterocycles. The van der Waals surface area contributed by atoms with Crippen LogP contribution in [0.5, 0.6) is 5.75 Å². The number of phenols is 1. The highest BCUT2D eigenvalue weighted by molar-refractivity contribution is 6.17. The number of hydrogen-bond donors (Lipinski definition) is 1. The lowest BCUT2D eigenvalue weighted by molar-refractivity contribution is 0.465. The quantitative estimate of drug-likeness (QED) is 0.341. The predicted octanol–water partition coefficient (Wildman–Crippen LogP) is 6.59. The van der Waals surface area contributed by atoms with Gasteiger partial charge in [-0.1, -0.05) is 76.8 Å². The van der Waals surface area contributed by atoms with Gasteiger partial charge in [0.05, 0.1) is 0 Å². The van der Waals surface area contributed by atoms with E-state index in [1.165, 1.54) is 57.8 Å². The fourth-order valence-corrected chi connectivity index (χ4v) is 2.89. The van der Waals surface area contributed by atoms with E-state index >= 15 is 0 Å². The molecule has 120 valence electrons. The first-order valence-electron chi connectivity index (χ1n) is 8.64. The molecule has 1 aromatic rings. The van der Waals surface area contributed by atoms with Crippen molar-refractivity contribution >= 4 is 11.6 Å². The maximum atomic E-state index is 9.83. The molecule has 1 nitrogen and oxygen atoms in total. The molecule has 0 saturated heterocycles. The van der Waals surface area contributed by atoms with Gasteiger partial charge < -0.3 is 5.11 Å². The molecule has 1 rings (SSSR count). The first-order chi connectivity index (χ1) is 10.3. The number of phenolic OH excluding ortho intramolecular Hbond substituents is 1. The second kappa shape index (κ2) is 11.9. The molecular formula is C19H31ClO. The number of aromatic hydroxyl groups is 1. The van der Waals surface area contributed by atoms with E-state index in [2.05, 4.69) is 6.92 Å². The topological polar surface area (TPSA) is 20.2 Å². The van der Waals surface area contributed by atoms with Gasteiger partial charge >= 0.3 is 0 Å².